The number of aromatic nitrogens is 2. The molecule has 0 saturated carbocycles. The normalized spacial score (nSPS) is 10.2. The first kappa shape index (κ1) is 17.2. The molecule has 0 unspecified atom stereocenters. The zero-order valence-corrected chi connectivity index (χ0v) is 14.3. The number of hydrogen-bond donors (Lipinski definition) is 1. The van der Waals surface area contributed by atoms with Gasteiger partial charge in [-0.15, -0.1) is 0 Å². The highest BCUT2D eigenvalue weighted by atomic mass is 16.5. The van der Waals surface area contributed by atoms with Gasteiger partial charge in [0.15, 0.2) is 6.61 Å². The molecule has 6 heteroatoms. The molecule has 0 spiro atoms. The summed E-state index contributed by atoms with van der Waals surface area (Å²) in [7, 11) is 0. The van der Waals surface area contributed by atoms with Crippen LogP contribution in [0, 0.1) is 18.3 Å². The van der Waals surface area contributed by atoms with Crippen LogP contribution in [0.5, 0.6) is 5.75 Å². The lowest BCUT2D eigenvalue weighted by molar-refractivity contribution is -0.118. The molecule has 1 amide bonds. The monoisotopic (exact) mass is 346 g/mol. The average molecular weight is 346 g/mol. The molecule has 1 aromatic heterocycles. The lowest BCUT2D eigenvalue weighted by atomic mass is 10.2. The molecule has 1 heterocycles. The van der Waals surface area contributed by atoms with Crippen molar-refractivity contribution >= 4 is 11.7 Å². The summed E-state index contributed by atoms with van der Waals surface area (Å²) in [5.41, 5.74) is 2.29. The van der Waals surface area contributed by atoms with Crippen LogP contribution in [0.15, 0.2) is 60.7 Å². The lowest BCUT2D eigenvalue weighted by Crippen LogP contribution is -2.22. The fraction of sp³-hybridized carbons (Fsp3) is 0.150. The maximum Gasteiger partial charge on any atom is 0.263 e. The summed E-state index contributed by atoms with van der Waals surface area (Å²) >= 11 is 0. The molecular weight excluding hydrogens is 328 g/mol. The summed E-state index contributed by atoms with van der Waals surface area (Å²) in [5, 5.41) is 16.3. The van der Waals surface area contributed by atoms with Crippen LogP contribution in [0.25, 0.3) is 0 Å². The molecule has 0 radical (unpaired) electrons. The van der Waals surface area contributed by atoms with Crippen LogP contribution in [0.3, 0.4) is 0 Å². The predicted octanol–water partition coefficient (Wildman–Crippen LogP) is 3.13. The first-order chi connectivity index (χ1) is 12.7. The van der Waals surface area contributed by atoms with E-state index in [1.165, 1.54) is 0 Å². The van der Waals surface area contributed by atoms with E-state index < -0.39 is 0 Å². The molecule has 6 nitrogen and oxygen atoms in total. The van der Waals surface area contributed by atoms with E-state index in [1.807, 2.05) is 49.4 Å². The van der Waals surface area contributed by atoms with Crippen molar-refractivity contribution in [3.63, 3.8) is 0 Å². The van der Waals surface area contributed by atoms with Crippen molar-refractivity contribution in [2.24, 2.45) is 0 Å². The minimum atomic E-state index is -0.313. The third kappa shape index (κ3) is 4.28. The smallest absolute Gasteiger partial charge is 0.263 e. The van der Waals surface area contributed by atoms with Crippen LogP contribution in [0.1, 0.15) is 16.8 Å². The number of rotatable bonds is 6. The first-order valence-electron chi connectivity index (χ1n) is 8.16. The fourth-order valence-corrected chi connectivity index (χ4v) is 2.53. The Bertz CT molecular complexity index is 942. The molecule has 0 aliphatic heterocycles. The number of carbonyl (C=O) groups excluding carboxylic acids is 1. The van der Waals surface area contributed by atoms with E-state index in [0.29, 0.717) is 23.7 Å². The van der Waals surface area contributed by atoms with E-state index in [9.17, 15) is 4.79 Å². The molecule has 0 aliphatic carbocycles. The Morgan fingerprint density at radius 2 is 1.92 bits per heavy atom. The van der Waals surface area contributed by atoms with E-state index in [4.69, 9.17) is 10.00 Å². The summed E-state index contributed by atoms with van der Waals surface area (Å²) in [6.45, 7) is 2.24. The Morgan fingerprint density at radius 1 is 1.19 bits per heavy atom. The molecule has 0 saturated heterocycles. The molecule has 0 bridgehead atoms. The van der Waals surface area contributed by atoms with Gasteiger partial charge < -0.3 is 10.1 Å². The highest BCUT2D eigenvalue weighted by Crippen LogP contribution is 2.17. The van der Waals surface area contributed by atoms with Gasteiger partial charge in [0.25, 0.3) is 5.91 Å². The zero-order valence-electron chi connectivity index (χ0n) is 14.3. The van der Waals surface area contributed by atoms with Gasteiger partial charge in [0.1, 0.15) is 17.6 Å². The molecule has 3 rings (SSSR count). The maximum absolute atomic E-state index is 12.2. The van der Waals surface area contributed by atoms with Crippen LogP contribution in [0.2, 0.25) is 0 Å². The Labute approximate surface area is 151 Å². The number of anilines is 1. The number of para-hydroxylation sites is 1. The van der Waals surface area contributed by atoms with Crippen molar-refractivity contribution in [2.75, 3.05) is 11.9 Å². The van der Waals surface area contributed by atoms with Crippen LogP contribution in [-0.2, 0) is 11.3 Å². The third-order valence-electron chi connectivity index (χ3n) is 3.71. The summed E-state index contributed by atoms with van der Waals surface area (Å²) in [4.78, 5) is 12.2. The van der Waals surface area contributed by atoms with Gasteiger partial charge >= 0.3 is 0 Å². The van der Waals surface area contributed by atoms with Crippen molar-refractivity contribution in [1.82, 2.24) is 9.78 Å². The lowest BCUT2D eigenvalue weighted by Gasteiger charge is -2.10. The minimum Gasteiger partial charge on any atom is -0.482 e. The van der Waals surface area contributed by atoms with Gasteiger partial charge in [-0.1, -0.05) is 42.5 Å². The second kappa shape index (κ2) is 7.99. The zero-order chi connectivity index (χ0) is 18.4. The standard InChI is InChI=1S/C20H18N4O2/c1-15-11-19(24(23-15)13-16-7-3-2-4-8-16)22-20(25)14-26-18-10-6-5-9-17(18)12-21/h2-11H,13-14H2,1H3,(H,22,25). The van der Waals surface area contributed by atoms with E-state index in [2.05, 4.69) is 10.4 Å². The van der Waals surface area contributed by atoms with Gasteiger partial charge in [0.2, 0.25) is 0 Å². The number of nitrogens with zero attached hydrogens (tertiary/aromatic N) is 3. The average Bonchev–Trinajstić information content (AvgIpc) is 2.99. The molecule has 0 fully saturated rings. The molecule has 130 valence electrons. The van der Waals surface area contributed by atoms with Crippen LogP contribution >= 0.6 is 0 Å². The molecule has 0 atom stereocenters. The van der Waals surface area contributed by atoms with E-state index in [1.54, 1.807) is 28.9 Å². The van der Waals surface area contributed by atoms with Crippen LogP contribution in [0.4, 0.5) is 5.82 Å². The largest absolute Gasteiger partial charge is 0.482 e. The van der Waals surface area contributed by atoms with Crippen molar-refractivity contribution in [3.8, 4) is 11.8 Å². The van der Waals surface area contributed by atoms with Crippen molar-refractivity contribution in [1.29, 1.82) is 5.26 Å². The Hall–Kier alpha value is -3.59. The first-order valence-corrected chi connectivity index (χ1v) is 8.16. The van der Waals surface area contributed by atoms with Crippen LogP contribution < -0.4 is 10.1 Å². The number of aryl methyl sites for hydroxylation is 1. The number of ether oxygens (including phenoxy) is 1. The van der Waals surface area contributed by atoms with Crippen LogP contribution in [-0.4, -0.2) is 22.3 Å². The molecule has 0 aliphatic rings. The second-order valence-electron chi connectivity index (χ2n) is 5.76. The van der Waals surface area contributed by atoms with Gasteiger partial charge in [-0.3, -0.25) is 4.79 Å². The van der Waals surface area contributed by atoms with Crippen molar-refractivity contribution < 1.29 is 9.53 Å². The highest BCUT2D eigenvalue weighted by molar-refractivity contribution is 5.91. The summed E-state index contributed by atoms with van der Waals surface area (Å²) in [5.74, 6) is 0.680. The van der Waals surface area contributed by atoms with E-state index in [-0.39, 0.29) is 12.5 Å². The number of carbonyl (C=O) groups is 1. The van der Waals surface area contributed by atoms with E-state index in [0.717, 1.165) is 11.3 Å². The molecule has 26 heavy (non-hydrogen) atoms. The maximum atomic E-state index is 12.2. The van der Waals surface area contributed by atoms with Gasteiger partial charge in [-0.05, 0) is 24.6 Å². The van der Waals surface area contributed by atoms with Gasteiger partial charge in [0.05, 0.1) is 17.8 Å². The number of benzene rings is 2. The Balaban J connectivity index is 1.65. The quantitative estimate of drug-likeness (QED) is 0.744. The molecule has 2 aromatic carbocycles. The van der Waals surface area contributed by atoms with Gasteiger partial charge in [0, 0.05) is 6.07 Å². The minimum absolute atomic E-state index is 0.186. The second-order valence-corrected chi connectivity index (χ2v) is 5.76. The third-order valence-corrected chi connectivity index (χ3v) is 3.71. The summed E-state index contributed by atoms with van der Waals surface area (Å²) in [6, 6.07) is 20.5. The topological polar surface area (TPSA) is 79.9 Å². The highest BCUT2D eigenvalue weighted by Gasteiger charge is 2.11. The van der Waals surface area contributed by atoms with E-state index >= 15 is 0 Å². The van der Waals surface area contributed by atoms with Crippen molar-refractivity contribution in [3.05, 3.63) is 77.5 Å². The van der Waals surface area contributed by atoms with Gasteiger partial charge in [-0.25, -0.2) is 4.68 Å². The summed E-state index contributed by atoms with van der Waals surface area (Å²) in [6.07, 6.45) is 0. The number of amides is 1. The number of nitrogens with one attached hydrogen (secondary N) is 1. The Kier molecular flexibility index (Phi) is 5.30. The number of nitriles is 1. The Morgan fingerprint density at radius 3 is 2.69 bits per heavy atom. The molecule has 1 N–H and O–H groups in total. The van der Waals surface area contributed by atoms with Gasteiger partial charge in [-0.2, -0.15) is 10.4 Å². The summed E-state index contributed by atoms with van der Waals surface area (Å²) < 4.78 is 7.20. The molecule has 3 aromatic rings. The number of hydrogen-bond acceptors (Lipinski definition) is 4. The SMILES string of the molecule is Cc1cc(NC(=O)COc2ccccc2C#N)n(Cc2ccccc2)n1. The van der Waals surface area contributed by atoms with Crippen molar-refractivity contribution in [2.45, 2.75) is 13.5 Å². The molecular formula is C20H18N4O2. The fourth-order valence-electron chi connectivity index (χ4n) is 2.53. The predicted molar refractivity (Wildman–Crippen MR) is 97.8 cm³/mol.